The first kappa shape index (κ1) is 11.7. The number of hydrogen-bond donors (Lipinski definition) is 0. The molecule has 0 aliphatic carbocycles. The number of amides is 1. The van der Waals surface area contributed by atoms with Crippen LogP contribution in [-0.2, 0) is 11.4 Å². The maximum Gasteiger partial charge on any atom is 0.293 e. The van der Waals surface area contributed by atoms with Crippen LogP contribution >= 0.6 is 0 Å². The zero-order valence-corrected chi connectivity index (χ0v) is 10.3. The van der Waals surface area contributed by atoms with E-state index in [9.17, 15) is 4.79 Å². The lowest BCUT2D eigenvalue weighted by atomic mass is 10.2. The molecule has 0 N–H and O–H groups in total. The summed E-state index contributed by atoms with van der Waals surface area (Å²) in [6, 6.07) is 9.86. The number of hydrogen-bond acceptors (Lipinski definition) is 2. The number of fused-ring (bicyclic) bond motifs is 1. The number of aromatic nitrogens is 1. The van der Waals surface area contributed by atoms with Crippen LogP contribution in [0.2, 0.25) is 0 Å². The van der Waals surface area contributed by atoms with E-state index in [1.807, 2.05) is 41.8 Å². The lowest BCUT2D eigenvalue weighted by Gasteiger charge is -2.15. The first-order valence-electron chi connectivity index (χ1n) is 5.59. The average Bonchev–Trinajstić information content (AvgIpc) is 2.75. The molecule has 1 aromatic heterocycles. The maximum absolute atomic E-state index is 12.1. The van der Waals surface area contributed by atoms with Gasteiger partial charge in [0, 0.05) is 24.5 Å². The molecule has 0 bridgehead atoms. The van der Waals surface area contributed by atoms with E-state index in [-0.39, 0.29) is 5.91 Å². The van der Waals surface area contributed by atoms with E-state index >= 15 is 0 Å². The molecule has 90 valence electrons. The summed E-state index contributed by atoms with van der Waals surface area (Å²) in [5.41, 5.74) is 1.72. The molecule has 0 atom stereocenters. The topological polar surface area (TPSA) is 34.5 Å². The van der Waals surface area contributed by atoms with Gasteiger partial charge in [-0.3, -0.25) is 9.63 Å². The van der Waals surface area contributed by atoms with Crippen LogP contribution < -0.4 is 0 Å². The summed E-state index contributed by atoms with van der Waals surface area (Å²) in [7, 11) is 3.09. The predicted molar refractivity (Wildman–Crippen MR) is 66.7 cm³/mol. The molecule has 0 saturated heterocycles. The molecule has 0 spiro atoms. The molecule has 4 heteroatoms. The van der Waals surface area contributed by atoms with Gasteiger partial charge in [-0.05, 0) is 19.1 Å². The normalized spacial score (nSPS) is 10.8. The molecule has 1 aromatic carbocycles. The fourth-order valence-corrected chi connectivity index (χ4v) is 1.97. The molecule has 4 nitrogen and oxygen atoms in total. The molecule has 0 radical (unpaired) electrons. The Morgan fingerprint density at radius 2 is 2.12 bits per heavy atom. The lowest BCUT2D eigenvalue weighted by molar-refractivity contribution is -0.0762. The van der Waals surface area contributed by atoms with Crippen LogP contribution in [0.4, 0.5) is 0 Å². The summed E-state index contributed by atoms with van der Waals surface area (Å²) in [6.07, 6.45) is 0. The minimum atomic E-state index is -0.134. The van der Waals surface area contributed by atoms with Crippen LogP contribution in [0.3, 0.4) is 0 Å². The summed E-state index contributed by atoms with van der Waals surface area (Å²) >= 11 is 0. The third-order valence-electron chi connectivity index (χ3n) is 2.91. The zero-order valence-electron chi connectivity index (χ0n) is 10.3. The number of benzene rings is 1. The Kier molecular flexibility index (Phi) is 3.15. The Balaban J connectivity index is 2.57. The standard InChI is InChI=1S/C13H16N2O2/c1-4-15-11-8-6-5-7-10(11)9-12(15)13(16)14(2)17-3/h5-9H,4H2,1-3H3. The van der Waals surface area contributed by atoms with Crippen LogP contribution in [0, 0.1) is 0 Å². The van der Waals surface area contributed by atoms with Crippen molar-refractivity contribution in [1.82, 2.24) is 9.63 Å². The number of aryl methyl sites for hydroxylation is 1. The minimum absolute atomic E-state index is 0.134. The molecular formula is C13H16N2O2. The second-order valence-corrected chi connectivity index (χ2v) is 3.82. The van der Waals surface area contributed by atoms with Gasteiger partial charge in [0.1, 0.15) is 5.69 Å². The number of carbonyl (C=O) groups excluding carboxylic acids is 1. The molecule has 0 unspecified atom stereocenters. The second-order valence-electron chi connectivity index (χ2n) is 3.82. The SMILES string of the molecule is CCn1c(C(=O)N(C)OC)cc2ccccc21. The fraction of sp³-hybridized carbons (Fsp3) is 0.308. The highest BCUT2D eigenvalue weighted by molar-refractivity contribution is 5.98. The van der Waals surface area contributed by atoms with Crippen LogP contribution in [-0.4, -0.2) is 29.7 Å². The summed E-state index contributed by atoms with van der Waals surface area (Å²) in [4.78, 5) is 17.0. The van der Waals surface area contributed by atoms with E-state index in [2.05, 4.69) is 0 Å². The van der Waals surface area contributed by atoms with Gasteiger partial charge in [-0.25, -0.2) is 5.06 Å². The maximum atomic E-state index is 12.1. The van der Waals surface area contributed by atoms with Crippen molar-refractivity contribution in [3.63, 3.8) is 0 Å². The van der Waals surface area contributed by atoms with Crippen molar-refractivity contribution in [3.8, 4) is 0 Å². The van der Waals surface area contributed by atoms with Crippen molar-refractivity contribution < 1.29 is 9.63 Å². The van der Waals surface area contributed by atoms with E-state index in [0.29, 0.717) is 5.69 Å². The van der Waals surface area contributed by atoms with E-state index in [1.165, 1.54) is 12.2 Å². The summed E-state index contributed by atoms with van der Waals surface area (Å²) in [5.74, 6) is -0.134. The molecule has 0 saturated carbocycles. The van der Waals surface area contributed by atoms with Gasteiger partial charge >= 0.3 is 0 Å². The van der Waals surface area contributed by atoms with Gasteiger partial charge < -0.3 is 4.57 Å². The summed E-state index contributed by atoms with van der Waals surface area (Å²) < 4.78 is 1.99. The second kappa shape index (κ2) is 4.59. The van der Waals surface area contributed by atoms with Crippen LogP contribution in [0.1, 0.15) is 17.4 Å². The van der Waals surface area contributed by atoms with Crippen molar-refractivity contribution in [1.29, 1.82) is 0 Å². The Hall–Kier alpha value is -1.81. The highest BCUT2D eigenvalue weighted by Crippen LogP contribution is 2.20. The quantitative estimate of drug-likeness (QED) is 0.761. The van der Waals surface area contributed by atoms with Crippen molar-refractivity contribution in [2.75, 3.05) is 14.2 Å². The van der Waals surface area contributed by atoms with Gasteiger partial charge in [0.25, 0.3) is 5.91 Å². The van der Waals surface area contributed by atoms with E-state index < -0.39 is 0 Å². The zero-order chi connectivity index (χ0) is 12.4. The molecular weight excluding hydrogens is 216 g/mol. The molecule has 0 aliphatic rings. The van der Waals surface area contributed by atoms with Gasteiger partial charge in [0.05, 0.1) is 7.11 Å². The highest BCUT2D eigenvalue weighted by atomic mass is 16.7. The van der Waals surface area contributed by atoms with Gasteiger partial charge in [-0.15, -0.1) is 0 Å². The lowest BCUT2D eigenvalue weighted by Crippen LogP contribution is -2.27. The molecule has 2 rings (SSSR count). The first-order chi connectivity index (χ1) is 8.19. The van der Waals surface area contributed by atoms with Crippen LogP contribution in [0.25, 0.3) is 10.9 Å². The molecule has 1 amide bonds. The smallest absolute Gasteiger partial charge is 0.293 e. The third kappa shape index (κ3) is 1.91. The Labute approximate surface area is 100 Å². The van der Waals surface area contributed by atoms with Crippen molar-refractivity contribution in [2.24, 2.45) is 0 Å². The minimum Gasteiger partial charge on any atom is -0.337 e. The molecule has 0 fully saturated rings. The van der Waals surface area contributed by atoms with Gasteiger partial charge in [0.15, 0.2) is 0 Å². The average molecular weight is 232 g/mol. The number of hydroxylamine groups is 2. The van der Waals surface area contributed by atoms with Gasteiger partial charge in [-0.1, -0.05) is 18.2 Å². The van der Waals surface area contributed by atoms with Crippen molar-refractivity contribution >= 4 is 16.8 Å². The number of nitrogens with zero attached hydrogens (tertiary/aromatic N) is 2. The summed E-state index contributed by atoms with van der Waals surface area (Å²) in [6.45, 7) is 2.78. The summed E-state index contributed by atoms with van der Waals surface area (Å²) in [5, 5.41) is 2.31. The van der Waals surface area contributed by atoms with Crippen LogP contribution in [0.5, 0.6) is 0 Å². The van der Waals surface area contributed by atoms with Crippen molar-refractivity contribution in [3.05, 3.63) is 36.0 Å². The van der Waals surface area contributed by atoms with E-state index in [1.54, 1.807) is 7.05 Å². The van der Waals surface area contributed by atoms with Crippen molar-refractivity contribution in [2.45, 2.75) is 13.5 Å². The fourth-order valence-electron chi connectivity index (χ4n) is 1.97. The Bertz CT molecular complexity index is 545. The molecule has 2 aromatic rings. The van der Waals surface area contributed by atoms with E-state index in [0.717, 1.165) is 17.4 Å². The molecule has 1 heterocycles. The monoisotopic (exact) mass is 232 g/mol. The highest BCUT2D eigenvalue weighted by Gasteiger charge is 2.17. The van der Waals surface area contributed by atoms with Gasteiger partial charge in [-0.2, -0.15) is 0 Å². The number of carbonyl (C=O) groups is 1. The number of para-hydroxylation sites is 1. The molecule has 0 aliphatic heterocycles. The van der Waals surface area contributed by atoms with Gasteiger partial charge in [0.2, 0.25) is 0 Å². The van der Waals surface area contributed by atoms with Crippen LogP contribution in [0.15, 0.2) is 30.3 Å². The predicted octanol–water partition coefficient (Wildman–Crippen LogP) is 2.29. The number of rotatable bonds is 3. The van der Waals surface area contributed by atoms with E-state index in [4.69, 9.17) is 4.84 Å². The Morgan fingerprint density at radius 3 is 2.76 bits per heavy atom. The third-order valence-corrected chi connectivity index (χ3v) is 2.91. The largest absolute Gasteiger partial charge is 0.337 e. The molecule has 17 heavy (non-hydrogen) atoms. The first-order valence-corrected chi connectivity index (χ1v) is 5.59. The Morgan fingerprint density at radius 1 is 1.41 bits per heavy atom.